The summed E-state index contributed by atoms with van der Waals surface area (Å²) >= 11 is 1.70. The van der Waals surface area contributed by atoms with Crippen molar-refractivity contribution in [1.82, 2.24) is 4.57 Å². The van der Waals surface area contributed by atoms with Crippen LogP contribution in [0.25, 0.3) is 21.8 Å². The summed E-state index contributed by atoms with van der Waals surface area (Å²) in [4.78, 5) is 27.7. The van der Waals surface area contributed by atoms with E-state index in [4.69, 9.17) is 5.41 Å². The van der Waals surface area contributed by atoms with Gasteiger partial charge in [0.2, 0.25) is 5.78 Å². The van der Waals surface area contributed by atoms with Gasteiger partial charge in [0.25, 0.3) is 0 Å². The SMILES string of the molecule is CCn1c2ccc(C(=O)C(=N)CCSC3=CCC(C)C=C3)cc2c2cc(C(=O)c3ccccc3C)ccc21. The van der Waals surface area contributed by atoms with Crippen molar-refractivity contribution >= 4 is 50.8 Å². The van der Waals surface area contributed by atoms with Crippen LogP contribution >= 0.6 is 11.8 Å². The van der Waals surface area contributed by atoms with E-state index in [2.05, 4.69) is 36.6 Å². The monoisotopic (exact) mass is 520 g/mol. The molecule has 4 aromatic rings. The molecule has 1 heterocycles. The predicted molar refractivity (Wildman–Crippen MR) is 160 cm³/mol. The maximum atomic E-state index is 13.3. The first-order valence-corrected chi connectivity index (χ1v) is 14.2. The lowest BCUT2D eigenvalue weighted by Crippen LogP contribution is -2.14. The first kappa shape index (κ1) is 25.9. The van der Waals surface area contributed by atoms with E-state index in [1.165, 1.54) is 4.91 Å². The Hall–Kier alpha value is -3.70. The molecule has 5 heteroatoms. The molecule has 0 radical (unpaired) electrons. The van der Waals surface area contributed by atoms with Crippen molar-refractivity contribution < 1.29 is 9.59 Å². The standard InChI is InChI=1S/C33H32N2O2S/c1-4-35-30-15-11-23(32(36)26-8-6-5-7-22(26)3)19-27(30)28-20-24(12-16-31(28)35)33(37)29(34)17-18-38-25-13-9-21(2)10-14-25/h5-9,11-16,19-21,34H,4,10,17-18H2,1-3H3. The first-order valence-electron chi connectivity index (χ1n) is 13.2. The second kappa shape index (κ2) is 11.0. The van der Waals surface area contributed by atoms with Crippen LogP contribution in [0.15, 0.2) is 83.8 Å². The average Bonchev–Trinajstić information content (AvgIpc) is 3.25. The number of nitrogens with zero attached hydrogens (tertiary/aromatic N) is 1. The average molecular weight is 521 g/mol. The number of hydrogen-bond acceptors (Lipinski definition) is 4. The number of thioether (sulfide) groups is 1. The maximum absolute atomic E-state index is 13.3. The summed E-state index contributed by atoms with van der Waals surface area (Å²) in [6.07, 6.45) is 8.05. The maximum Gasteiger partial charge on any atom is 0.206 e. The molecule has 0 fully saturated rings. The lowest BCUT2D eigenvalue weighted by atomic mass is 9.97. The number of allylic oxidation sites excluding steroid dienone is 3. The van der Waals surface area contributed by atoms with Crippen LogP contribution in [0.4, 0.5) is 0 Å². The Balaban J connectivity index is 1.42. The van der Waals surface area contributed by atoms with Gasteiger partial charge >= 0.3 is 0 Å². The molecule has 192 valence electrons. The fourth-order valence-electron chi connectivity index (χ4n) is 5.08. The normalized spacial score (nSPS) is 15.1. The molecule has 1 N–H and O–H groups in total. The minimum absolute atomic E-state index is 0.00806. The van der Waals surface area contributed by atoms with Crippen LogP contribution in [0, 0.1) is 18.3 Å². The van der Waals surface area contributed by atoms with E-state index in [1.54, 1.807) is 11.8 Å². The highest BCUT2D eigenvalue weighted by atomic mass is 32.2. The number of ketones is 2. The molecule has 5 rings (SSSR count). The van der Waals surface area contributed by atoms with Gasteiger partial charge in [-0.1, -0.05) is 49.4 Å². The number of nitrogens with one attached hydrogen (secondary N) is 1. The van der Waals surface area contributed by atoms with Gasteiger partial charge in [-0.25, -0.2) is 0 Å². The van der Waals surface area contributed by atoms with Crippen molar-refractivity contribution in [3.05, 3.63) is 106 Å². The second-order valence-electron chi connectivity index (χ2n) is 9.94. The molecule has 1 unspecified atom stereocenters. The van der Waals surface area contributed by atoms with Crippen molar-refractivity contribution in [1.29, 1.82) is 5.41 Å². The van der Waals surface area contributed by atoms with Gasteiger partial charge in [0.15, 0.2) is 5.78 Å². The third-order valence-electron chi connectivity index (χ3n) is 7.27. The molecule has 38 heavy (non-hydrogen) atoms. The van der Waals surface area contributed by atoms with Crippen LogP contribution in [0.1, 0.15) is 58.5 Å². The highest BCUT2D eigenvalue weighted by Crippen LogP contribution is 2.32. The predicted octanol–water partition coefficient (Wildman–Crippen LogP) is 8.16. The van der Waals surface area contributed by atoms with Crippen molar-refractivity contribution in [2.45, 2.75) is 40.2 Å². The highest BCUT2D eigenvalue weighted by Gasteiger charge is 2.18. The molecule has 1 aliphatic rings. The largest absolute Gasteiger partial charge is 0.341 e. The van der Waals surface area contributed by atoms with Crippen LogP contribution in [0.3, 0.4) is 0 Å². The number of aryl methyl sites for hydroxylation is 2. The number of hydrogen-bond donors (Lipinski definition) is 1. The molecule has 0 amide bonds. The van der Waals surface area contributed by atoms with E-state index in [0.29, 0.717) is 34.8 Å². The van der Waals surface area contributed by atoms with E-state index in [9.17, 15) is 9.59 Å². The molecule has 4 nitrogen and oxygen atoms in total. The van der Waals surface area contributed by atoms with Gasteiger partial charge in [0.05, 0.1) is 5.71 Å². The zero-order chi connectivity index (χ0) is 26.8. The minimum atomic E-state index is -0.237. The molecule has 1 aromatic heterocycles. The summed E-state index contributed by atoms with van der Waals surface area (Å²) in [7, 11) is 0. The van der Waals surface area contributed by atoms with Crippen molar-refractivity contribution in [3.8, 4) is 0 Å². The van der Waals surface area contributed by atoms with Crippen molar-refractivity contribution in [2.75, 3.05) is 5.75 Å². The summed E-state index contributed by atoms with van der Waals surface area (Å²) in [6.45, 7) is 7.01. The van der Waals surface area contributed by atoms with Crippen LogP contribution in [0.2, 0.25) is 0 Å². The van der Waals surface area contributed by atoms with E-state index >= 15 is 0 Å². The number of carbonyl (C=O) groups excluding carboxylic acids is 2. The van der Waals surface area contributed by atoms with Gasteiger partial charge in [0, 0.05) is 62.1 Å². The summed E-state index contributed by atoms with van der Waals surface area (Å²) in [5, 5.41) is 10.3. The Bertz CT molecular complexity index is 1640. The lowest BCUT2D eigenvalue weighted by molar-refractivity contribution is 0.103. The topological polar surface area (TPSA) is 62.9 Å². The van der Waals surface area contributed by atoms with E-state index in [-0.39, 0.29) is 17.3 Å². The zero-order valence-electron chi connectivity index (χ0n) is 22.1. The molecular weight excluding hydrogens is 488 g/mol. The quantitative estimate of drug-likeness (QED) is 0.179. The Morgan fingerprint density at radius 1 is 1.00 bits per heavy atom. The van der Waals surface area contributed by atoms with E-state index in [0.717, 1.165) is 40.3 Å². The van der Waals surface area contributed by atoms with Gasteiger partial charge in [-0.2, -0.15) is 0 Å². The van der Waals surface area contributed by atoms with Crippen LogP contribution in [0.5, 0.6) is 0 Å². The Labute approximate surface area is 227 Å². The molecule has 1 atom stereocenters. The van der Waals surface area contributed by atoms with E-state index < -0.39 is 0 Å². The van der Waals surface area contributed by atoms with Gasteiger partial charge in [0.1, 0.15) is 0 Å². The first-order chi connectivity index (χ1) is 18.4. The van der Waals surface area contributed by atoms with Crippen LogP contribution < -0.4 is 0 Å². The Morgan fingerprint density at radius 2 is 1.68 bits per heavy atom. The summed E-state index contributed by atoms with van der Waals surface area (Å²) in [5.74, 6) is 1.03. The van der Waals surface area contributed by atoms with Gasteiger partial charge < -0.3 is 9.98 Å². The molecule has 0 saturated heterocycles. The van der Waals surface area contributed by atoms with Crippen molar-refractivity contribution in [3.63, 3.8) is 0 Å². The summed E-state index contributed by atoms with van der Waals surface area (Å²) < 4.78 is 2.20. The highest BCUT2D eigenvalue weighted by molar-refractivity contribution is 8.03. The van der Waals surface area contributed by atoms with Crippen LogP contribution in [-0.2, 0) is 6.54 Å². The minimum Gasteiger partial charge on any atom is -0.341 e. The zero-order valence-corrected chi connectivity index (χ0v) is 22.9. The molecule has 3 aromatic carbocycles. The molecule has 1 aliphatic carbocycles. The Kier molecular flexibility index (Phi) is 7.48. The fraction of sp³-hybridized carbons (Fsp3) is 0.242. The Morgan fingerprint density at radius 3 is 2.34 bits per heavy atom. The summed E-state index contributed by atoms with van der Waals surface area (Å²) in [5.41, 5.74) is 4.97. The number of fused-ring (bicyclic) bond motifs is 3. The lowest BCUT2D eigenvalue weighted by Gasteiger charge is -2.11. The molecule has 0 saturated carbocycles. The smallest absolute Gasteiger partial charge is 0.206 e. The molecular formula is C33H32N2O2S. The van der Waals surface area contributed by atoms with Gasteiger partial charge in [-0.15, -0.1) is 11.8 Å². The molecule has 0 aliphatic heterocycles. The number of benzene rings is 3. The number of aromatic nitrogens is 1. The third kappa shape index (κ3) is 5.03. The summed E-state index contributed by atoms with van der Waals surface area (Å²) in [6, 6.07) is 19.1. The molecule has 0 spiro atoms. The number of Topliss-reactive ketones (excluding diaryl/α,β-unsaturated/α-hetero) is 1. The van der Waals surface area contributed by atoms with Crippen molar-refractivity contribution in [2.24, 2.45) is 5.92 Å². The number of rotatable bonds is 9. The van der Waals surface area contributed by atoms with Crippen LogP contribution in [-0.4, -0.2) is 27.6 Å². The van der Waals surface area contributed by atoms with Gasteiger partial charge in [-0.05, 0) is 68.1 Å². The van der Waals surface area contributed by atoms with Gasteiger partial charge in [-0.3, -0.25) is 9.59 Å². The second-order valence-corrected chi connectivity index (χ2v) is 11.1. The third-order valence-corrected chi connectivity index (χ3v) is 8.31. The number of carbonyl (C=O) groups is 2. The van der Waals surface area contributed by atoms with E-state index in [1.807, 2.05) is 67.6 Å². The fourth-order valence-corrected chi connectivity index (χ4v) is 6.01. The molecule has 0 bridgehead atoms.